The zero-order valence-corrected chi connectivity index (χ0v) is 22.8. The fraction of sp³-hybridized carbons (Fsp3) is 0.679. The summed E-state index contributed by atoms with van der Waals surface area (Å²) in [6, 6.07) is 6.96. The third kappa shape index (κ3) is 12.5. The number of esters is 1. The van der Waals surface area contributed by atoms with Crippen molar-refractivity contribution in [3.8, 4) is 0 Å². The molecule has 2 amide bonds. The maximum atomic E-state index is 13.0. The first-order valence-corrected chi connectivity index (χ1v) is 13.5. The number of carbonyl (C=O) groups is 3. The lowest BCUT2D eigenvalue weighted by Crippen LogP contribution is -2.49. The summed E-state index contributed by atoms with van der Waals surface area (Å²) in [5, 5.41) is 14.7. The molecule has 37 heavy (non-hydrogen) atoms. The number of rotatable bonds is 15. The van der Waals surface area contributed by atoms with E-state index >= 15 is 0 Å². The van der Waals surface area contributed by atoms with E-state index < -0.39 is 6.04 Å². The lowest BCUT2D eigenvalue weighted by molar-refractivity contribution is -0.159. The molecule has 0 saturated heterocycles. The van der Waals surface area contributed by atoms with Crippen LogP contribution in [0.1, 0.15) is 97.5 Å². The number of hydrogen-bond donors (Lipinski definition) is 4. The standard InChI is InChI=1S/C28H45N3O6/c1-20(37-28(2,3)4)26(27(34)36-23-11-9-10-12-23)29-19-21-15-17-22(18-16-21)30-24(32)13-7-5-6-8-14-25(33)31-35/h15-18,20,23,26,29,35H,5-14,19H2,1-4H3,(H,30,32)(H,31,33)/t20-,26?/m0/s1. The summed E-state index contributed by atoms with van der Waals surface area (Å²) in [6.45, 7) is 8.26. The first-order chi connectivity index (χ1) is 17.6. The van der Waals surface area contributed by atoms with E-state index in [-0.39, 0.29) is 42.0 Å². The molecule has 1 aliphatic carbocycles. The molecule has 1 aliphatic rings. The Hall–Kier alpha value is -2.49. The molecule has 0 heterocycles. The van der Waals surface area contributed by atoms with Gasteiger partial charge in [0.2, 0.25) is 11.8 Å². The smallest absolute Gasteiger partial charge is 0.326 e. The normalized spacial score (nSPS) is 15.7. The van der Waals surface area contributed by atoms with Crippen LogP contribution in [0.4, 0.5) is 5.69 Å². The molecule has 2 atom stereocenters. The van der Waals surface area contributed by atoms with Gasteiger partial charge in [-0.05, 0) is 83.9 Å². The molecule has 9 nitrogen and oxygen atoms in total. The molecule has 1 unspecified atom stereocenters. The summed E-state index contributed by atoms with van der Waals surface area (Å²) >= 11 is 0. The number of unbranched alkanes of at least 4 members (excludes halogenated alkanes) is 3. The van der Waals surface area contributed by atoms with Gasteiger partial charge in [-0.3, -0.25) is 24.9 Å². The van der Waals surface area contributed by atoms with Crippen molar-refractivity contribution in [3.63, 3.8) is 0 Å². The molecule has 0 aromatic heterocycles. The maximum absolute atomic E-state index is 13.0. The minimum absolute atomic E-state index is 0.00528. The lowest BCUT2D eigenvalue weighted by Gasteiger charge is -2.31. The Morgan fingerprint density at radius 3 is 2.14 bits per heavy atom. The van der Waals surface area contributed by atoms with Crippen LogP contribution >= 0.6 is 0 Å². The lowest BCUT2D eigenvalue weighted by atomic mass is 10.1. The number of hydroxylamine groups is 1. The van der Waals surface area contributed by atoms with Crippen LogP contribution in [-0.2, 0) is 30.4 Å². The Labute approximate surface area is 221 Å². The monoisotopic (exact) mass is 519 g/mol. The van der Waals surface area contributed by atoms with Crippen LogP contribution in [0, 0.1) is 0 Å². The summed E-state index contributed by atoms with van der Waals surface area (Å²) in [4.78, 5) is 36.2. The number of amides is 2. The van der Waals surface area contributed by atoms with E-state index in [1.54, 1.807) is 5.48 Å². The first-order valence-electron chi connectivity index (χ1n) is 13.5. The Bertz CT molecular complexity index is 846. The predicted octanol–water partition coefficient (Wildman–Crippen LogP) is 4.62. The van der Waals surface area contributed by atoms with Crippen molar-refractivity contribution in [1.82, 2.24) is 10.8 Å². The van der Waals surface area contributed by atoms with Gasteiger partial charge >= 0.3 is 5.97 Å². The van der Waals surface area contributed by atoms with E-state index in [4.69, 9.17) is 14.7 Å². The fourth-order valence-corrected chi connectivity index (χ4v) is 4.45. The quantitative estimate of drug-likeness (QED) is 0.115. The van der Waals surface area contributed by atoms with Crippen molar-refractivity contribution >= 4 is 23.5 Å². The number of anilines is 1. The van der Waals surface area contributed by atoms with Gasteiger partial charge in [-0.25, -0.2) is 5.48 Å². The number of hydrogen-bond acceptors (Lipinski definition) is 7. The fourth-order valence-electron chi connectivity index (χ4n) is 4.45. The Kier molecular flexibility index (Phi) is 13.0. The molecule has 2 rings (SSSR count). The number of nitrogens with one attached hydrogen (secondary N) is 3. The number of benzene rings is 1. The summed E-state index contributed by atoms with van der Waals surface area (Å²) in [7, 11) is 0. The molecule has 1 aromatic carbocycles. The minimum Gasteiger partial charge on any atom is -0.461 e. The average molecular weight is 520 g/mol. The molecule has 0 aliphatic heterocycles. The van der Waals surface area contributed by atoms with Crippen molar-refractivity contribution in [2.45, 2.75) is 122 Å². The van der Waals surface area contributed by atoms with Gasteiger partial charge in [0, 0.05) is 25.1 Å². The van der Waals surface area contributed by atoms with Crippen LogP contribution in [0.5, 0.6) is 0 Å². The van der Waals surface area contributed by atoms with E-state index in [2.05, 4.69) is 10.6 Å². The van der Waals surface area contributed by atoms with Gasteiger partial charge in [-0.2, -0.15) is 0 Å². The van der Waals surface area contributed by atoms with Gasteiger partial charge in [0.1, 0.15) is 12.1 Å². The van der Waals surface area contributed by atoms with Crippen LogP contribution in [0.3, 0.4) is 0 Å². The Morgan fingerprint density at radius 2 is 1.57 bits per heavy atom. The molecule has 1 aromatic rings. The second-order valence-electron chi connectivity index (χ2n) is 10.8. The largest absolute Gasteiger partial charge is 0.461 e. The third-order valence-corrected chi connectivity index (χ3v) is 6.29. The second-order valence-corrected chi connectivity index (χ2v) is 10.8. The van der Waals surface area contributed by atoms with Gasteiger partial charge in [0.25, 0.3) is 0 Å². The van der Waals surface area contributed by atoms with E-state index in [9.17, 15) is 14.4 Å². The van der Waals surface area contributed by atoms with Gasteiger partial charge < -0.3 is 14.8 Å². The molecule has 0 spiro atoms. The topological polar surface area (TPSA) is 126 Å². The highest BCUT2D eigenvalue weighted by molar-refractivity contribution is 5.90. The second kappa shape index (κ2) is 15.7. The van der Waals surface area contributed by atoms with Crippen molar-refractivity contribution in [3.05, 3.63) is 29.8 Å². The van der Waals surface area contributed by atoms with Gasteiger partial charge in [-0.1, -0.05) is 25.0 Å². The summed E-state index contributed by atoms with van der Waals surface area (Å²) in [5.41, 5.74) is 2.93. The van der Waals surface area contributed by atoms with Crippen molar-refractivity contribution < 1.29 is 29.1 Å². The van der Waals surface area contributed by atoms with Crippen LogP contribution < -0.4 is 16.1 Å². The Morgan fingerprint density at radius 1 is 0.973 bits per heavy atom. The molecule has 9 heteroatoms. The van der Waals surface area contributed by atoms with Crippen molar-refractivity contribution in [2.75, 3.05) is 5.32 Å². The highest BCUT2D eigenvalue weighted by Crippen LogP contribution is 2.23. The predicted molar refractivity (Wildman–Crippen MR) is 142 cm³/mol. The van der Waals surface area contributed by atoms with E-state index in [1.165, 1.54) is 0 Å². The van der Waals surface area contributed by atoms with Gasteiger partial charge in [0.05, 0.1) is 11.7 Å². The summed E-state index contributed by atoms with van der Waals surface area (Å²) in [5.74, 6) is -0.713. The van der Waals surface area contributed by atoms with Crippen LogP contribution in [0.15, 0.2) is 24.3 Å². The number of carbonyl (C=O) groups excluding carboxylic acids is 3. The van der Waals surface area contributed by atoms with Gasteiger partial charge in [-0.15, -0.1) is 0 Å². The maximum Gasteiger partial charge on any atom is 0.326 e. The zero-order chi connectivity index (χ0) is 27.3. The van der Waals surface area contributed by atoms with E-state index in [0.717, 1.165) is 56.2 Å². The van der Waals surface area contributed by atoms with E-state index in [1.807, 2.05) is 52.0 Å². The van der Waals surface area contributed by atoms with Crippen LogP contribution in [0.2, 0.25) is 0 Å². The van der Waals surface area contributed by atoms with Crippen molar-refractivity contribution in [1.29, 1.82) is 0 Å². The molecule has 0 bridgehead atoms. The minimum atomic E-state index is -0.586. The highest BCUT2D eigenvalue weighted by atomic mass is 16.6. The third-order valence-electron chi connectivity index (χ3n) is 6.29. The molecule has 208 valence electrons. The highest BCUT2D eigenvalue weighted by Gasteiger charge is 2.32. The zero-order valence-electron chi connectivity index (χ0n) is 22.8. The first kappa shape index (κ1) is 30.7. The number of ether oxygens (including phenoxy) is 2. The van der Waals surface area contributed by atoms with Crippen LogP contribution in [-0.4, -0.2) is 46.8 Å². The van der Waals surface area contributed by atoms with Gasteiger partial charge in [0.15, 0.2) is 0 Å². The molecule has 1 saturated carbocycles. The SMILES string of the molecule is C[C@H](OC(C)(C)C)C(NCc1ccc(NC(=O)CCCCCCC(=O)NO)cc1)C(=O)OC1CCCC1. The molecular weight excluding hydrogens is 474 g/mol. The van der Waals surface area contributed by atoms with E-state index in [0.29, 0.717) is 19.4 Å². The van der Waals surface area contributed by atoms with Crippen molar-refractivity contribution in [2.24, 2.45) is 0 Å². The Balaban J connectivity index is 1.80. The molecule has 0 radical (unpaired) electrons. The summed E-state index contributed by atoms with van der Waals surface area (Å²) in [6.07, 6.45) is 7.46. The summed E-state index contributed by atoms with van der Waals surface area (Å²) < 4.78 is 11.8. The molecule has 1 fully saturated rings. The van der Waals surface area contributed by atoms with Crippen LogP contribution in [0.25, 0.3) is 0 Å². The average Bonchev–Trinajstić information content (AvgIpc) is 3.34. The molecule has 4 N–H and O–H groups in total. The molecular formula is C28H45N3O6.